The Balaban J connectivity index is 5.16. The van der Waals surface area contributed by atoms with E-state index in [-0.39, 0.29) is 13.1 Å². The van der Waals surface area contributed by atoms with Crippen molar-refractivity contribution in [2.24, 2.45) is 0 Å². The average molecular weight is 231 g/mol. The van der Waals surface area contributed by atoms with Crippen LogP contribution in [-0.2, 0) is 4.79 Å². The molecule has 0 aromatic rings. The fourth-order valence-corrected chi connectivity index (χ4v) is 0.978. The van der Waals surface area contributed by atoms with Gasteiger partial charge >= 0.3 is 6.18 Å². The topological polar surface area (TPSA) is 20.3 Å². The van der Waals surface area contributed by atoms with E-state index >= 15 is 0 Å². The van der Waals surface area contributed by atoms with Crippen molar-refractivity contribution in [2.75, 3.05) is 13.1 Å². The molecular formula is C8H10F5NO. The first-order valence-corrected chi connectivity index (χ1v) is 4.17. The molecule has 1 amide bonds. The van der Waals surface area contributed by atoms with Gasteiger partial charge in [0, 0.05) is 13.1 Å². The van der Waals surface area contributed by atoms with Gasteiger partial charge in [-0.25, -0.2) is 0 Å². The summed E-state index contributed by atoms with van der Waals surface area (Å²) in [6.45, 7) is 2.71. The lowest BCUT2D eigenvalue weighted by atomic mass is 10.2. The van der Waals surface area contributed by atoms with Gasteiger partial charge in [0.05, 0.1) is 0 Å². The summed E-state index contributed by atoms with van der Waals surface area (Å²) in [5.41, 5.74) is -2.38. The summed E-state index contributed by atoms with van der Waals surface area (Å²) in [5, 5.41) is 0. The van der Waals surface area contributed by atoms with Gasteiger partial charge in [-0.3, -0.25) is 4.79 Å². The van der Waals surface area contributed by atoms with Crippen molar-refractivity contribution in [3.05, 3.63) is 11.7 Å². The Kier molecular flexibility index (Phi) is 4.70. The van der Waals surface area contributed by atoms with E-state index in [0.29, 0.717) is 4.90 Å². The van der Waals surface area contributed by atoms with Crippen LogP contribution in [0.2, 0.25) is 0 Å². The number of amides is 1. The highest BCUT2D eigenvalue weighted by molar-refractivity contribution is 5.94. The molecular weight excluding hydrogens is 221 g/mol. The quantitative estimate of drug-likeness (QED) is 0.540. The molecule has 0 bridgehead atoms. The van der Waals surface area contributed by atoms with Crippen LogP contribution < -0.4 is 0 Å². The second-order valence-corrected chi connectivity index (χ2v) is 2.61. The maximum atomic E-state index is 12.1. The largest absolute Gasteiger partial charge is 0.426 e. The molecule has 0 unspecified atom stereocenters. The Hall–Kier alpha value is -1.14. The van der Waals surface area contributed by atoms with Crippen molar-refractivity contribution in [1.29, 1.82) is 0 Å². The Bertz CT molecular complexity index is 263. The minimum atomic E-state index is -5.32. The summed E-state index contributed by atoms with van der Waals surface area (Å²) in [6.07, 6.45) is -8.32. The standard InChI is InChI=1S/C8H10F5NO/c1-3-14(4-2)7(15)5(6(9)10)8(11,12)13/h3-4H2,1-2H3. The Morgan fingerprint density at radius 2 is 1.53 bits per heavy atom. The molecule has 0 radical (unpaired) electrons. The SMILES string of the molecule is CCN(CC)C(=O)C(=C(F)F)C(F)(F)F. The third kappa shape index (κ3) is 3.49. The number of carbonyl (C=O) groups excluding carboxylic acids is 1. The molecule has 88 valence electrons. The predicted octanol–water partition coefficient (Wildman–Crippen LogP) is 2.57. The van der Waals surface area contributed by atoms with Crippen molar-refractivity contribution in [3.63, 3.8) is 0 Å². The van der Waals surface area contributed by atoms with E-state index in [0.717, 1.165) is 0 Å². The first-order chi connectivity index (χ1) is 6.75. The minimum Gasteiger partial charge on any atom is -0.339 e. The summed E-state index contributed by atoms with van der Waals surface area (Å²) in [6, 6.07) is 0. The number of hydrogen-bond donors (Lipinski definition) is 0. The lowest BCUT2D eigenvalue weighted by molar-refractivity contribution is -0.140. The number of rotatable bonds is 3. The highest BCUT2D eigenvalue weighted by Gasteiger charge is 2.44. The zero-order chi connectivity index (χ0) is 12.2. The molecule has 0 aliphatic carbocycles. The van der Waals surface area contributed by atoms with Crippen LogP contribution in [0.3, 0.4) is 0 Å². The van der Waals surface area contributed by atoms with E-state index in [4.69, 9.17) is 0 Å². The van der Waals surface area contributed by atoms with Crippen LogP contribution in [0.1, 0.15) is 13.8 Å². The highest BCUT2D eigenvalue weighted by atomic mass is 19.4. The van der Waals surface area contributed by atoms with E-state index in [1.165, 1.54) is 13.8 Å². The number of likely N-dealkylation sites (N-methyl/N-ethyl adjacent to an activating group) is 1. The zero-order valence-electron chi connectivity index (χ0n) is 8.16. The Morgan fingerprint density at radius 1 is 1.13 bits per heavy atom. The van der Waals surface area contributed by atoms with Gasteiger partial charge in [0.25, 0.3) is 12.0 Å². The molecule has 0 saturated carbocycles. The molecule has 2 nitrogen and oxygen atoms in total. The van der Waals surface area contributed by atoms with Gasteiger partial charge in [0.15, 0.2) is 5.57 Å². The second kappa shape index (κ2) is 5.09. The van der Waals surface area contributed by atoms with Gasteiger partial charge in [-0.05, 0) is 13.8 Å². The average Bonchev–Trinajstić information content (AvgIpc) is 2.02. The van der Waals surface area contributed by atoms with Gasteiger partial charge in [-0.2, -0.15) is 22.0 Å². The maximum Gasteiger partial charge on any atom is 0.426 e. The highest BCUT2D eigenvalue weighted by Crippen LogP contribution is 2.30. The summed E-state index contributed by atoms with van der Waals surface area (Å²) in [5.74, 6) is -1.69. The van der Waals surface area contributed by atoms with Crippen molar-refractivity contribution < 1.29 is 26.7 Å². The van der Waals surface area contributed by atoms with Crippen LogP contribution in [-0.4, -0.2) is 30.1 Å². The summed E-state index contributed by atoms with van der Waals surface area (Å²) < 4.78 is 60.2. The third-order valence-corrected chi connectivity index (χ3v) is 1.74. The summed E-state index contributed by atoms with van der Waals surface area (Å²) in [7, 11) is 0. The smallest absolute Gasteiger partial charge is 0.339 e. The molecule has 0 aliphatic heterocycles. The number of carbonyl (C=O) groups is 1. The van der Waals surface area contributed by atoms with E-state index < -0.39 is 23.7 Å². The van der Waals surface area contributed by atoms with Gasteiger partial charge in [-0.1, -0.05) is 0 Å². The van der Waals surface area contributed by atoms with Gasteiger partial charge in [-0.15, -0.1) is 0 Å². The van der Waals surface area contributed by atoms with Crippen molar-refractivity contribution in [2.45, 2.75) is 20.0 Å². The molecule has 0 aliphatic rings. The number of halogens is 5. The molecule has 0 rings (SSSR count). The van der Waals surface area contributed by atoms with Gasteiger partial charge < -0.3 is 4.90 Å². The fourth-order valence-electron chi connectivity index (χ4n) is 0.978. The molecule has 15 heavy (non-hydrogen) atoms. The first-order valence-electron chi connectivity index (χ1n) is 4.17. The number of nitrogens with zero attached hydrogens (tertiary/aromatic N) is 1. The van der Waals surface area contributed by atoms with Crippen molar-refractivity contribution >= 4 is 5.91 Å². The number of alkyl halides is 3. The molecule has 7 heteroatoms. The van der Waals surface area contributed by atoms with Crippen LogP contribution in [0.15, 0.2) is 11.7 Å². The van der Waals surface area contributed by atoms with E-state index in [9.17, 15) is 26.7 Å². The number of hydrogen-bond acceptors (Lipinski definition) is 1. The molecule has 0 aromatic carbocycles. The first kappa shape index (κ1) is 13.9. The molecule has 0 saturated heterocycles. The normalized spacial score (nSPS) is 11.1. The van der Waals surface area contributed by atoms with Crippen LogP contribution in [0.25, 0.3) is 0 Å². The van der Waals surface area contributed by atoms with Crippen molar-refractivity contribution in [1.82, 2.24) is 4.90 Å². The van der Waals surface area contributed by atoms with Gasteiger partial charge in [0.1, 0.15) is 0 Å². The fraction of sp³-hybridized carbons (Fsp3) is 0.625. The Labute approximate surface area is 83.4 Å². The zero-order valence-corrected chi connectivity index (χ0v) is 8.16. The van der Waals surface area contributed by atoms with Crippen LogP contribution in [0.4, 0.5) is 22.0 Å². The molecule has 0 heterocycles. The van der Waals surface area contributed by atoms with Gasteiger partial charge in [0.2, 0.25) is 0 Å². The molecule has 0 fully saturated rings. The maximum absolute atomic E-state index is 12.1. The molecule has 0 spiro atoms. The third-order valence-electron chi connectivity index (χ3n) is 1.74. The monoisotopic (exact) mass is 231 g/mol. The molecule has 0 aromatic heterocycles. The summed E-state index contributed by atoms with van der Waals surface area (Å²) >= 11 is 0. The van der Waals surface area contributed by atoms with Crippen LogP contribution in [0, 0.1) is 0 Å². The molecule has 0 atom stereocenters. The van der Waals surface area contributed by atoms with E-state index in [1.54, 1.807) is 0 Å². The van der Waals surface area contributed by atoms with E-state index in [1.807, 2.05) is 0 Å². The Morgan fingerprint density at radius 3 is 1.73 bits per heavy atom. The lowest BCUT2D eigenvalue weighted by Crippen LogP contribution is -2.36. The van der Waals surface area contributed by atoms with Crippen molar-refractivity contribution in [3.8, 4) is 0 Å². The van der Waals surface area contributed by atoms with Crippen LogP contribution >= 0.6 is 0 Å². The van der Waals surface area contributed by atoms with E-state index in [2.05, 4.69) is 0 Å². The minimum absolute atomic E-state index is 0.0534. The lowest BCUT2D eigenvalue weighted by Gasteiger charge is -2.20. The second-order valence-electron chi connectivity index (χ2n) is 2.61. The molecule has 0 N–H and O–H groups in total. The predicted molar refractivity (Wildman–Crippen MR) is 43.2 cm³/mol. The van der Waals surface area contributed by atoms with Crippen LogP contribution in [0.5, 0.6) is 0 Å². The summed E-state index contributed by atoms with van der Waals surface area (Å²) in [4.78, 5) is 11.7.